The lowest BCUT2D eigenvalue weighted by Crippen LogP contribution is -2.52. The van der Waals surface area contributed by atoms with Crippen LogP contribution in [0.15, 0.2) is 83.8 Å². The molecule has 0 aliphatic heterocycles. The van der Waals surface area contributed by atoms with Crippen molar-refractivity contribution in [2.45, 2.75) is 50.6 Å². The average molecular weight is 586 g/mol. The van der Waals surface area contributed by atoms with Gasteiger partial charge >= 0.3 is 0 Å². The quantitative estimate of drug-likeness (QED) is 0.260. The van der Waals surface area contributed by atoms with Crippen LogP contribution in [0.3, 0.4) is 0 Å². The maximum Gasteiger partial charge on any atom is 0.264 e. The number of anilines is 1. The second-order valence-corrected chi connectivity index (χ2v) is 11.5. The van der Waals surface area contributed by atoms with E-state index in [4.69, 9.17) is 16.3 Å². The molecule has 0 aromatic heterocycles. The molecule has 0 unspecified atom stereocenters. The Bertz CT molecular complexity index is 1370. The monoisotopic (exact) mass is 585 g/mol. The van der Waals surface area contributed by atoms with Gasteiger partial charge in [0.2, 0.25) is 11.8 Å². The molecule has 214 valence electrons. The van der Waals surface area contributed by atoms with Crippen LogP contribution in [-0.2, 0) is 26.2 Å². The van der Waals surface area contributed by atoms with Gasteiger partial charge in [-0.15, -0.1) is 0 Å². The van der Waals surface area contributed by atoms with Gasteiger partial charge in [-0.3, -0.25) is 13.9 Å². The number of sulfonamides is 1. The number of halogens is 1. The molecule has 0 saturated heterocycles. The van der Waals surface area contributed by atoms with Crippen molar-refractivity contribution in [2.75, 3.05) is 24.5 Å². The zero-order chi connectivity index (χ0) is 29.1. The van der Waals surface area contributed by atoms with Gasteiger partial charge in [-0.25, -0.2) is 8.42 Å². The van der Waals surface area contributed by atoms with Crippen LogP contribution >= 0.6 is 11.6 Å². The molecule has 0 saturated carbocycles. The number of para-hydroxylation sites is 1. The highest BCUT2D eigenvalue weighted by Crippen LogP contribution is 2.26. The zero-order valence-electron chi connectivity index (χ0n) is 23.0. The number of benzene rings is 3. The number of hydrogen-bond acceptors (Lipinski definition) is 5. The van der Waals surface area contributed by atoms with Crippen molar-refractivity contribution in [1.82, 2.24) is 10.2 Å². The minimum atomic E-state index is -4.16. The van der Waals surface area contributed by atoms with Gasteiger partial charge in [-0.2, -0.15) is 0 Å². The molecule has 3 aromatic rings. The third-order valence-electron chi connectivity index (χ3n) is 6.48. The smallest absolute Gasteiger partial charge is 0.264 e. The summed E-state index contributed by atoms with van der Waals surface area (Å²) in [6.45, 7) is 3.87. The Balaban J connectivity index is 2.02. The number of unbranched alkanes of at least 4 members (excludes halogenated alkanes) is 1. The van der Waals surface area contributed by atoms with E-state index in [1.807, 2.05) is 13.8 Å². The molecule has 0 fully saturated rings. The number of nitrogens with zero attached hydrogens (tertiary/aromatic N) is 2. The molecule has 0 radical (unpaired) electrons. The van der Waals surface area contributed by atoms with Crippen molar-refractivity contribution in [3.63, 3.8) is 0 Å². The van der Waals surface area contributed by atoms with Gasteiger partial charge in [0, 0.05) is 18.1 Å². The van der Waals surface area contributed by atoms with Crippen LogP contribution in [0.1, 0.15) is 38.7 Å². The summed E-state index contributed by atoms with van der Waals surface area (Å²) < 4.78 is 34.0. The van der Waals surface area contributed by atoms with E-state index >= 15 is 0 Å². The van der Waals surface area contributed by atoms with Gasteiger partial charge < -0.3 is 15.0 Å². The summed E-state index contributed by atoms with van der Waals surface area (Å²) in [7, 11) is -2.66. The van der Waals surface area contributed by atoms with Crippen molar-refractivity contribution in [2.24, 2.45) is 0 Å². The first-order valence-electron chi connectivity index (χ1n) is 13.2. The standard InChI is InChI=1S/C30H36ClN3O5S/c1-4-6-20-32-30(36)28(5-2)33(21-23-12-10-11-15-27(23)31)29(35)22-34(24-13-8-7-9-14-24)40(37,38)26-18-16-25(39-3)17-19-26/h7-19,28H,4-6,20-22H2,1-3H3,(H,32,36)/t28-/m0/s1. The summed E-state index contributed by atoms with van der Waals surface area (Å²) in [5.74, 6) is -0.314. The number of nitrogens with one attached hydrogen (secondary N) is 1. The molecule has 0 aliphatic rings. The Morgan fingerprint density at radius 2 is 1.60 bits per heavy atom. The van der Waals surface area contributed by atoms with E-state index in [0.29, 0.717) is 35.0 Å². The molecule has 3 rings (SSSR count). The first kappa shape index (κ1) is 31.0. The summed E-state index contributed by atoms with van der Waals surface area (Å²) in [5, 5.41) is 3.36. The molecule has 10 heteroatoms. The van der Waals surface area contributed by atoms with Gasteiger partial charge in [-0.05, 0) is 60.9 Å². The average Bonchev–Trinajstić information content (AvgIpc) is 2.97. The summed E-state index contributed by atoms with van der Waals surface area (Å²) in [6, 6.07) is 20.7. The maximum absolute atomic E-state index is 14.0. The predicted octanol–water partition coefficient (Wildman–Crippen LogP) is 5.27. The van der Waals surface area contributed by atoms with Crippen molar-refractivity contribution in [3.8, 4) is 5.75 Å². The van der Waals surface area contributed by atoms with E-state index in [2.05, 4.69) is 5.32 Å². The normalized spacial score (nSPS) is 11.9. The van der Waals surface area contributed by atoms with Crippen LogP contribution in [0.2, 0.25) is 5.02 Å². The highest BCUT2D eigenvalue weighted by atomic mass is 35.5. The van der Waals surface area contributed by atoms with Crippen LogP contribution < -0.4 is 14.4 Å². The molecular formula is C30H36ClN3O5S. The zero-order valence-corrected chi connectivity index (χ0v) is 24.6. The number of amides is 2. The number of hydrogen-bond donors (Lipinski definition) is 1. The Kier molecular flexibility index (Phi) is 11.4. The van der Waals surface area contributed by atoms with Crippen molar-refractivity contribution >= 4 is 39.1 Å². The Labute approximate surface area is 241 Å². The molecule has 1 atom stereocenters. The third kappa shape index (κ3) is 7.76. The van der Waals surface area contributed by atoms with Gasteiger partial charge in [-0.1, -0.05) is 68.3 Å². The lowest BCUT2D eigenvalue weighted by atomic mass is 10.1. The van der Waals surface area contributed by atoms with Crippen LogP contribution in [0.5, 0.6) is 5.75 Å². The Hall–Kier alpha value is -3.56. The number of carbonyl (C=O) groups excluding carboxylic acids is 2. The highest BCUT2D eigenvalue weighted by molar-refractivity contribution is 7.92. The van der Waals surface area contributed by atoms with E-state index in [1.54, 1.807) is 66.7 Å². The molecule has 1 N–H and O–H groups in total. The summed E-state index contributed by atoms with van der Waals surface area (Å²) in [6.07, 6.45) is 2.06. The minimum Gasteiger partial charge on any atom is -0.497 e. The van der Waals surface area contributed by atoms with Gasteiger partial charge in [0.25, 0.3) is 10.0 Å². The Morgan fingerprint density at radius 1 is 0.950 bits per heavy atom. The lowest BCUT2D eigenvalue weighted by molar-refractivity contribution is -0.140. The second-order valence-electron chi connectivity index (χ2n) is 9.20. The van der Waals surface area contributed by atoms with Gasteiger partial charge in [0.05, 0.1) is 17.7 Å². The summed E-state index contributed by atoms with van der Waals surface area (Å²) >= 11 is 6.43. The number of carbonyl (C=O) groups is 2. The molecule has 0 spiro atoms. The fraction of sp³-hybridized carbons (Fsp3) is 0.333. The maximum atomic E-state index is 14.0. The highest BCUT2D eigenvalue weighted by Gasteiger charge is 2.33. The molecule has 8 nitrogen and oxygen atoms in total. The van der Waals surface area contributed by atoms with E-state index < -0.39 is 28.5 Å². The van der Waals surface area contributed by atoms with Crippen molar-refractivity contribution < 1.29 is 22.7 Å². The first-order chi connectivity index (χ1) is 19.2. The minimum absolute atomic E-state index is 0.00644. The van der Waals surface area contributed by atoms with Crippen LogP contribution in [-0.4, -0.2) is 51.4 Å². The van der Waals surface area contributed by atoms with E-state index in [0.717, 1.165) is 17.1 Å². The number of rotatable bonds is 14. The van der Waals surface area contributed by atoms with E-state index in [-0.39, 0.29) is 17.3 Å². The van der Waals surface area contributed by atoms with E-state index in [9.17, 15) is 18.0 Å². The van der Waals surface area contributed by atoms with Crippen molar-refractivity contribution in [3.05, 3.63) is 89.4 Å². The number of methoxy groups -OCH3 is 1. The largest absolute Gasteiger partial charge is 0.497 e. The summed E-state index contributed by atoms with van der Waals surface area (Å²) in [5.41, 5.74) is 0.978. The second kappa shape index (κ2) is 14.7. The Morgan fingerprint density at radius 3 is 2.20 bits per heavy atom. The lowest BCUT2D eigenvalue weighted by Gasteiger charge is -2.33. The van der Waals surface area contributed by atoms with Crippen LogP contribution in [0, 0.1) is 0 Å². The fourth-order valence-corrected chi connectivity index (χ4v) is 5.84. The summed E-state index contributed by atoms with van der Waals surface area (Å²) in [4.78, 5) is 28.7. The van der Waals surface area contributed by atoms with E-state index in [1.165, 1.54) is 24.1 Å². The molecule has 0 heterocycles. The van der Waals surface area contributed by atoms with Crippen molar-refractivity contribution in [1.29, 1.82) is 0 Å². The molecule has 0 bridgehead atoms. The first-order valence-corrected chi connectivity index (χ1v) is 15.1. The molecule has 2 amide bonds. The number of ether oxygens (including phenoxy) is 1. The molecule has 0 aliphatic carbocycles. The molecule has 3 aromatic carbocycles. The van der Waals surface area contributed by atoms with Gasteiger partial charge in [0.15, 0.2) is 0 Å². The third-order valence-corrected chi connectivity index (χ3v) is 8.64. The van der Waals surface area contributed by atoms with Crippen LogP contribution in [0.4, 0.5) is 5.69 Å². The predicted molar refractivity (Wildman–Crippen MR) is 158 cm³/mol. The molecular weight excluding hydrogens is 550 g/mol. The fourth-order valence-electron chi connectivity index (χ4n) is 4.23. The van der Waals surface area contributed by atoms with Gasteiger partial charge in [0.1, 0.15) is 18.3 Å². The topological polar surface area (TPSA) is 96.0 Å². The van der Waals surface area contributed by atoms with Crippen LogP contribution in [0.25, 0.3) is 0 Å². The molecule has 40 heavy (non-hydrogen) atoms. The SMILES string of the molecule is CCCCNC(=O)[C@H](CC)N(Cc1ccccc1Cl)C(=O)CN(c1ccccc1)S(=O)(=O)c1ccc(OC)cc1.